The minimum atomic E-state index is -3.28. The van der Waals surface area contributed by atoms with Gasteiger partial charge in [-0.25, -0.2) is 8.42 Å². The van der Waals surface area contributed by atoms with E-state index in [2.05, 4.69) is 5.32 Å². The molecule has 102 valence electrons. The summed E-state index contributed by atoms with van der Waals surface area (Å²) in [5.74, 6) is 0. The van der Waals surface area contributed by atoms with E-state index in [1.54, 1.807) is 0 Å². The molecule has 5 nitrogen and oxygen atoms in total. The van der Waals surface area contributed by atoms with Gasteiger partial charge in [-0.15, -0.1) is 0 Å². The summed E-state index contributed by atoms with van der Waals surface area (Å²) in [4.78, 5) is 0. The predicted octanol–water partition coefficient (Wildman–Crippen LogP) is 0.161. The van der Waals surface area contributed by atoms with Crippen molar-refractivity contribution in [3.8, 4) is 0 Å². The van der Waals surface area contributed by atoms with Gasteiger partial charge in [0.1, 0.15) is 0 Å². The zero-order valence-electron chi connectivity index (χ0n) is 10.7. The van der Waals surface area contributed by atoms with Crippen LogP contribution in [0.5, 0.6) is 0 Å². The lowest BCUT2D eigenvalue weighted by Crippen LogP contribution is -2.46. The summed E-state index contributed by atoms with van der Waals surface area (Å²) < 4.78 is 26.4. The third kappa shape index (κ3) is 3.40. The van der Waals surface area contributed by atoms with Gasteiger partial charge in [-0.2, -0.15) is 4.31 Å². The average molecular weight is 264 g/mol. The molecule has 0 saturated carbocycles. The zero-order chi connectivity index (χ0) is 12.9. The van der Waals surface area contributed by atoms with Crippen LogP contribution in [0.4, 0.5) is 0 Å². The van der Waals surface area contributed by atoms with Crippen LogP contribution in [-0.2, 0) is 10.0 Å². The first-order chi connectivity index (χ1) is 8.07. The number of nitrogens with one attached hydrogen (secondary N) is 1. The van der Waals surface area contributed by atoms with E-state index in [1.807, 2.05) is 13.8 Å². The van der Waals surface area contributed by atoms with Crippen molar-refractivity contribution >= 4 is 10.0 Å². The normalized spacial score (nSPS) is 21.6. The molecule has 0 bridgehead atoms. The summed E-state index contributed by atoms with van der Waals surface area (Å²) in [6.07, 6.45) is 2.25. The molecule has 1 aliphatic heterocycles. The maximum absolute atomic E-state index is 12.5. The van der Waals surface area contributed by atoms with Crippen LogP contribution >= 0.6 is 0 Å². The molecule has 0 aromatic carbocycles. The molecular weight excluding hydrogens is 240 g/mol. The fourth-order valence-electron chi connectivity index (χ4n) is 2.39. The second kappa shape index (κ2) is 6.68. The van der Waals surface area contributed by atoms with Crippen molar-refractivity contribution in [2.45, 2.75) is 44.4 Å². The van der Waals surface area contributed by atoms with Gasteiger partial charge in [0.15, 0.2) is 0 Å². The van der Waals surface area contributed by atoms with Gasteiger partial charge in [-0.1, -0.05) is 13.8 Å². The summed E-state index contributed by atoms with van der Waals surface area (Å²) in [5.41, 5.74) is 0. The van der Waals surface area contributed by atoms with E-state index in [0.717, 1.165) is 19.4 Å². The Kier molecular flexibility index (Phi) is 5.85. The maximum atomic E-state index is 12.5. The molecule has 17 heavy (non-hydrogen) atoms. The van der Waals surface area contributed by atoms with Crippen molar-refractivity contribution in [3.63, 3.8) is 0 Å². The van der Waals surface area contributed by atoms with Crippen molar-refractivity contribution in [2.75, 3.05) is 26.2 Å². The van der Waals surface area contributed by atoms with Crippen LogP contribution in [0.2, 0.25) is 0 Å². The van der Waals surface area contributed by atoms with Gasteiger partial charge in [0.05, 0.1) is 11.9 Å². The molecule has 2 N–H and O–H groups in total. The number of aliphatic hydroxyl groups is 1. The zero-order valence-corrected chi connectivity index (χ0v) is 11.5. The molecule has 1 aliphatic rings. The summed E-state index contributed by atoms with van der Waals surface area (Å²) in [7, 11) is -3.28. The fraction of sp³-hybridized carbons (Fsp3) is 1.00. The number of hydrogen-bond donors (Lipinski definition) is 2. The second-order valence-corrected chi connectivity index (χ2v) is 6.63. The quantitative estimate of drug-likeness (QED) is 0.687. The Labute approximate surface area is 104 Å². The highest BCUT2D eigenvalue weighted by molar-refractivity contribution is 7.89. The monoisotopic (exact) mass is 264 g/mol. The van der Waals surface area contributed by atoms with Gasteiger partial charge in [-0.3, -0.25) is 0 Å². The molecule has 0 radical (unpaired) electrons. The number of aliphatic hydroxyl groups excluding tert-OH is 1. The lowest BCUT2D eigenvalue weighted by atomic mass is 10.2. The Morgan fingerprint density at radius 1 is 1.41 bits per heavy atom. The molecule has 1 saturated heterocycles. The number of hydrogen-bond acceptors (Lipinski definition) is 4. The van der Waals surface area contributed by atoms with E-state index in [1.165, 1.54) is 4.31 Å². The summed E-state index contributed by atoms with van der Waals surface area (Å²) in [6.45, 7) is 5.37. The maximum Gasteiger partial charge on any atom is 0.218 e. The van der Waals surface area contributed by atoms with E-state index in [-0.39, 0.29) is 24.4 Å². The van der Waals surface area contributed by atoms with Crippen LogP contribution in [0.15, 0.2) is 0 Å². The van der Waals surface area contributed by atoms with Crippen LogP contribution in [0.25, 0.3) is 0 Å². The molecular formula is C11H24N2O3S. The molecule has 0 spiro atoms. The molecule has 1 heterocycles. The predicted molar refractivity (Wildman–Crippen MR) is 68.4 cm³/mol. The first kappa shape index (κ1) is 14.9. The highest BCUT2D eigenvalue weighted by atomic mass is 32.2. The van der Waals surface area contributed by atoms with Crippen LogP contribution in [-0.4, -0.2) is 55.4 Å². The molecule has 0 aromatic rings. The lowest BCUT2D eigenvalue weighted by Gasteiger charge is -2.31. The van der Waals surface area contributed by atoms with E-state index in [0.29, 0.717) is 13.0 Å². The van der Waals surface area contributed by atoms with E-state index in [4.69, 9.17) is 5.11 Å². The van der Waals surface area contributed by atoms with Crippen molar-refractivity contribution in [1.82, 2.24) is 9.62 Å². The molecule has 0 amide bonds. The van der Waals surface area contributed by atoms with Crippen molar-refractivity contribution < 1.29 is 13.5 Å². The Morgan fingerprint density at radius 3 is 2.47 bits per heavy atom. The first-order valence-corrected chi connectivity index (χ1v) is 7.90. The van der Waals surface area contributed by atoms with Crippen molar-refractivity contribution in [2.24, 2.45) is 0 Å². The van der Waals surface area contributed by atoms with E-state index < -0.39 is 10.0 Å². The van der Waals surface area contributed by atoms with Crippen LogP contribution < -0.4 is 5.32 Å². The molecule has 0 aliphatic carbocycles. The lowest BCUT2D eigenvalue weighted by molar-refractivity contribution is 0.218. The SMILES string of the molecule is CCC(CC)N(CCO)S(=O)(=O)C1CCNC1. The fourth-order valence-corrected chi connectivity index (χ4v) is 4.56. The topological polar surface area (TPSA) is 69.6 Å². The van der Waals surface area contributed by atoms with Gasteiger partial charge in [0.2, 0.25) is 10.0 Å². The van der Waals surface area contributed by atoms with Crippen LogP contribution in [0.1, 0.15) is 33.1 Å². The molecule has 6 heteroatoms. The summed E-state index contributed by atoms with van der Waals surface area (Å²) >= 11 is 0. The van der Waals surface area contributed by atoms with Gasteiger partial charge in [0.25, 0.3) is 0 Å². The molecule has 0 aromatic heterocycles. The Hall–Kier alpha value is -0.170. The third-order valence-corrected chi connectivity index (χ3v) is 5.81. The van der Waals surface area contributed by atoms with Crippen molar-refractivity contribution in [3.05, 3.63) is 0 Å². The van der Waals surface area contributed by atoms with Gasteiger partial charge >= 0.3 is 0 Å². The van der Waals surface area contributed by atoms with Gasteiger partial charge < -0.3 is 10.4 Å². The largest absolute Gasteiger partial charge is 0.395 e. The van der Waals surface area contributed by atoms with E-state index in [9.17, 15) is 8.42 Å². The Balaban J connectivity index is 2.87. The highest BCUT2D eigenvalue weighted by Gasteiger charge is 2.36. The molecule has 1 rings (SSSR count). The van der Waals surface area contributed by atoms with Gasteiger partial charge in [-0.05, 0) is 25.8 Å². The molecule has 1 unspecified atom stereocenters. The third-order valence-electron chi connectivity index (χ3n) is 3.43. The standard InChI is InChI=1S/C11H24N2O3S/c1-3-10(4-2)13(7-8-14)17(15,16)11-5-6-12-9-11/h10-12,14H,3-9H2,1-2H3. The number of sulfonamides is 1. The minimum Gasteiger partial charge on any atom is -0.395 e. The molecule has 1 atom stereocenters. The molecule has 1 fully saturated rings. The second-order valence-electron chi connectivity index (χ2n) is 4.46. The van der Waals surface area contributed by atoms with E-state index >= 15 is 0 Å². The van der Waals surface area contributed by atoms with Crippen molar-refractivity contribution in [1.29, 1.82) is 0 Å². The minimum absolute atomic E-state index is 0.00718. The first-order valence-electron chi connectivity index (χ1n) is 6.40. The number of rotatable bonds is 7. The smallest absolute Gasteiger partial charge is 0.218 e. The summed E-state index contributed by atoms with van der Waals surface area (Å²) in [5, 5.41) is 11.8. The van der Waals surface area contributed by atoms with Crippen LogP contribution in [0, 0.1) is 0 Å². The summed E-state index contributed by atoms with van der Waals surface area (Å²) in [6, 6.07) is 0.00718. The Morgan fingerprint density at radius 2 is 2.06 bits per heavy atom. The highest BCUT2D eigenvalue weighted by Crippen LogP contribution is 2.20. The Bertz CT molecular complexity index is 309. The number of nitrogens with zero attached hydrogens (tertiary/aromatic N) is 1. The van der Waals surface area contributed by atoms with Crippen LogP contribution in [0.3, 0.4) is 0 Å². The average Bonchev–Trinajstić information content (AvgIpc) is 2.83. The van der Waals surface area contributed by atoms with Gasteiger partial charge in [0, 0.05) is 19.1 Å².